The summed E-state index contributed by atoms with van der Waals surface area (Å²) < 4.78 is 5.49. The molecule has 0 saturated carbocycles. The molecule has 0 aliphatic heterocycles. The summed E-state index contributed by atoms with van der Waals surface area (Å²) in [5, 5.41) is 23.0. The first kappa shape index (κ1) is 68.3. The Morgan fingerprint density at radius 2 is 0.671 bits per heavy atom. The number of hydrogen-bond acceptors (Lipinski definition) is 5. The van der Waals surface area contributed by atoms with Crippen molar-refractivity contribution in [1.82, 2.24) is 5.32 Å². The molecule has 0 aliphatic carbocycles. The summed E-state index contributed by atoms with van der Waals surface area (Å²) in [5.74, 6) is -0.0549. The van der Waals surface area contributed by atoms with E-state index >= 15 is 0 Å². The standard InChI is InChI=1S/C64H123NO5/c1-3-5-7-9-11-13-14-15-31-35-38-42-46-50-54-58-64(69)70-59-55-51-47-43-39-36-33-30-28-26-24-22-20-18-16-17-19-21-23-25-27-29-32-34-37-41-45-49-53-57-63(68)65-61(60-66)62(67)56-52-48-44-40-12-10-8-6-4-2/h15,31,52,56,61-62,66-67H,3-14,16-30,32-51,53-55,57-60H2,1-2H3,(H,65,68)/b31-15-,56-52+. The van der Waals surface area contributed by atoms with E-state index in [1.165, 1.54) is 276 Å². The molecule has 2 unspecified atom stereocenters. The number of amides is 1. The third kappa shape index (κ3) is 55.7. The average Bonchev–Trinajstić information content (AvgIpc) is 3.36. The number of unbranched alkanes of at least 4 members (excludes halogenated alkanes) is 46. The van der Waals surface area contributed by atoms with Crippen LogP contribution in [0.4, 0.5) is 0 Å². The van der Waals surface area contributed by atoms with Crippen molar-refractivity contribution in [3.63, 3.8) is 0 Å². The largest absolute Gasteiger partial charge is 0.466 e. The summed E-state index contributed by atoms with van der Waals surface area (Å²) in [5.41, 5.74) is 0. The zero-order valence-electron chi connectivity index (χ0n) is 47.3. The second-order valence-electron chi connectivity index (χ2n) is 21.7. The molecule has 0 fully saturated rings. The Kier molecular flexibility index (Phi) is 58.5. The first-order chi connectivity index (χ1) is 34.5. The maximum absolute atomic E-state index is 12.4. The van der Waals surface area contributed by atoms with Gasteiger partial charge in [-0.3, -0.25) is 9.59 Å². The Morgan fingerprint density at radius 3 is 1.01 bits per heavy atom. The van der Waals surface area contributed by atoms with E-state index in [0.717, 1.165) is 44.9 Å². The minimum atomic E-state index is -0.839. The maximum atomic E-state index is 12.4. The number of aliphatic hydroxyl groups is 2. The number of ether oxygens (including phenoxy) is 1. The van der Waals surface area contributed by atoms with E-state index in [2.05, 4.69) is 31.3 Å². The minimum absolute atomic E-state index is 0.0113. The van der Waals surface area contributed by atoms with Gasteiger partial charge in [-0.05, 0) is 57.8 Å². The lowest BCUT2D eigenvalue weighted by molar-refractivity contribution is -0.143. The molecule has 0 aromatic heterocycles. The summed E-state index contributed by atoms with van der Waals surface area (Å²) in [6, 6.07) is -0.622. The van der Waals surface area contributed by atoms with Crippen LogP contribution >= 0.6 is 0 Å². The number of carbonyl (C=O) groups is 2. The van der Waals surface area contributed by atoms with Gasteiger partial charge in [-0.1, -0.05) is 301 Å². The quantitative estimate of drug-likeness (QED) is 0.0321. The van der Waals surface area contributed by atoms with Gasteiger partial charge in [-0.25, -0.2) is 0 Å². The summed E-state index contributed by atoms with van der Waals surface area (Å²) in [6.07, 6.45) is 73.9. The van der Waals surface area contributed by atoms with E-state index in [1.807, 2.05) is 6.08 Å². The highest BCUT2D eigenvalue weighted by Gasteiger charge is 2.18. The number of esters is 1. The summed E-state index contributed by atoms with van der Waals surface area (Å²) in [4.78, 5) is 24.4. The molecule has 0 heterocycles. The van der Waals surface area contributed by atoms with Crippen LogP contribution in [0.15, 0.2) is 24.3 Å². The molecule has 0 spiro atoms. The predicted octanol–water partition coefficient (Wildman–Crippen LogP) is 19.8. The van der Waals surface area contributed by atoms with Gasteiger partial charge in [0.1, 0.15) is 0 Å². The minimum Gasteiger partial charge on any atom is -0.466 e. The first-order valence-electron chi connectivity index (χ1n) is 31.6. The lowest BCUT2D eigenvalue weighted by Crippen LogP contribution is -2.45. The molecule has 0 aromatic rings. The Hall–Kier alpha value is -1.66. The van der Waals surface area contributed by atoms with E-state index < -0.39 is 12.1 Å². The van der Waals surface area contributed by atoms with Gasteiger partial charge < -0.3 is 20.3 Å². The number of aliphatic hydroxyl groups excluding tert-OH is 2. The van der Waals surface area contributed by atoms with Gasteiger partial charge in [0.05, 0.1) is 25.4 Å². The van der Waals surface area contributed by atoms with Crippen LogP contribution in [-0.4, -0.2) is 47.4 Å². The fourth-order valence-corrected chi connectivity index (χ4v) is 9.87. The molecule has 0 radical (unpaired) electrons. The Morgan fingerprint density at radius 1 is 0.386 bits per heavy atom. The second-order valence-corrected chi connectivity index (χ2v) is 21.7. The van der Waals surface area contributed by atoms with Crippen molar-refractivity contribution in [2.45, 2.75) is 360 Å². The zero-order valence-corrected chi connectivity index (χ0v) is 47.3. The van der Waals surface area contributed by atoms with Crippen LogP contribution < -0.4 is 5.32 Å². The summed E-state index contributed by atoms with van der Waals surface area (Å²) in [7, 11) is 0. The Bertz CT molecular complexity index is 1090. The molecule has 3 N–H and O–H groups in total. The lowest BCUT2D eigenvalue weighted by atomic mass is 10.0. The van der Waals surface area contributed by atoms with E-state index in [9.17, 15) is 19.8 Å². The van der Waals surface area contributed by atoms with Gasteiger partial charge in [-0.15, -0.1) is 0 Å². The number of nitrogens with one attached hydrogen (secondary N) is 1. The normalized spacial score (nSPS) is 12.7. The van der Waals surface area contributed by atoms with E-state index in [1.54, 1.807) is 6.08 Å². The molecule has 0 saturated heterocycles. The van der Waals surface area contributed by atoms with Gasteiger partial charge in [-0.2, -0.15) is 0 Å². The topological polar surface area (TPSA) is 95.9 Å². The highest BCUT2D eigenvalue weighted by Crippen LogP contribution is 2.18. The van der Waals surface area contributed by atoms with Crippen molar-refractivity contribution in [3.05, 3.63) is 24.3 Å². The van der Waals surface area contributed by atoms with Crippen molar-refractivity contribution in [3.8, 4) is 0 Å². The van der Waals surface area contributed by atoms with Gasteiger partial charge in [0.2, 0.25) is 5.91 Å². The van der Waals surface area contributed by atoms with Crippen LogP contribution in [0.2, 0.25) is 0 Å². The third-order valence-electron chi connectivity index (χ3n) is 14.7. The summed E-state index contributed by atoms with van der Waals surface area (Å²) in [6.45, 7) is 4.89. The van der Waals surface area contributed by atoms with Crippen molar-refractivity contribution >= 4 is 11.9 Å². The smallest absolute Gasteiger partial charge is 0.305 e. The zero-order chi connectivity index (χ0) is 50.7. The molecule has 1 amide bonds. The molecule has 414 valence electrons. The van der Waals surface area contributed by atoms with Crippen LogP contribution in [-0.2, 0) is 14.3 Å². The van der Waals surface area contributed by atoms with Crippen molar-refractivity contribution in [2.24, 2.45) is 0 Å². The summed E-state index contributed by atoms with van der Waals surface area (Å²) >= 11 is 0. The Labute approximate surface area is 437 Å². The highest BCUT2D eigenvalue weighted by molar-refractivity contribution is 5.76. The van der Waals surface area contributed by atoms with Crippen LogP contribution in [0.3, 0.4) is 0 Å². The molecule has 2 atom stereocenters. The molecular formula is C64H123NO5. The van der Waals surface area contributed by atoms with Crippen LogP contribution in [0.1, 0.15) is 348 Å². The third-order valence-corrected chi connectivity index (χ3v) is 14.7. The van der Waals surface area contributed by atoms with Gasteiger partial charge >= 0.3 is 5.97 Å². The van der Waals surface area contributed by atoms with Crippen molar-refractivity contribution in [2.75, 3.05) is 13.2 Å². The van der Waals surface area contributed by atoms with Gasteiger partial charge in [0.15, 0.2) is 0 Å². The maximum Gasteiger partial charge on any atom is 0.305 e. The Balaban J connectivity index is 3.31. The van der Waals surface area contributed by atoms with E-state index in [-0.39, 0.29) is 18.5 Å². The number of rotatable bonds is 59. The van der Waals surface area contributed by atoms with E-state index in [0.29, 0.717) is 19.4 Å². The van der Waals surface area contributed by atoms with Gasteiger partial charge in [0.25, 0.3) is 0 Å². The fraction of sp³-hybridized carbons (Fsp3) is 0.906. The molecule has 0 aromatic carbocycles. The van der Waals surface area contributed by atoms with E-state index in [4.69, 9.17) is 4.74 Å². The van der Waals surface area contributed by atoms with Crippen molar-refractivity contribution in [1.29, 1.82) is 0 Å². The first-order valence-corrected chi connectivity index (χ1v) is 31.6. The van der Waals surface area contributed by atoms with Crippen molar-refractivity contribution < 1.29 is 24.5 Å². The van der Waals surface area contributed by atoms with Gasteiger partial charge in [0, 0.05) is 12.8 Å². The molecule has 70 heavy (non-hydrogen) atoms. The number of allylic oxidation sites excluding steroid dienone is 3. The fourth-order valence-electron chi connectivity index (χ4n) is 9.87. The second kappa shape index (κ2) is 59.9. The van der Waals surface area contributed by atoms with Crippen LogP contribution in [0.25, 0.3) is 0 Å². The molecule has 6 nitrogen and oxygen atoms in total. The molecule has 6 heteroatoms. The molecule has 0 aliphatic rings. The average molecular weight is 987 g/mol. The molecule has 0 bridgehead atoms. The number of hydrogen-bond donors (Lipinski definition) is 3. The molecular weight excluding hydrogens is 863 g/mol. The monoisotopic (exact) mass is 986 g/mol. The number of carbonyl (C=O) groups excluding carboxylic acids is 2. The SMILES string of the molecule is CCCCCCCC/C=C\CCCCCCCC(=O)OCCCCCCCCCCCCCCCCCCCCCCCCCCCCCCCC(=O)NC(CO)C(O)/C=C/CCCCCCCCC. The van der Waals surface area contributed by atoms with Crippen LogP contribution in [0.5, 0.6) is 0 Å². The predicted molar refractivity (Wildman–Crippen MR) is 306 cm³/mol. The molecule has 0 rings (SSSR count). The lowest BCUT2D eigenvalue weighted by Gasteiger charge is -2.20. The highest BCUT2D eigenvalue weighted by atomic mass is 16.5. The van der Waals surface area contributed by atoms with Crippen LogP contribution in [0, 0.1) is 0 Å².